The van der Waals surface area contributed by atoms with Crippen molar-refractivity contribution in [3.05, 3.63) is 18.2 Å². The summed E-state index contributed by atoms with van der Waals surface area (Å²) in [6.45, 7) is 6.06. The Hall–Kier alpha value is -1.98. The molecule has 90 valence electrons. The van der Waals surface area contributed by atoms with Crippen LogP contribution in [-0.2, 0) is 5.41 Å². The van der Waals surface area contributed by atoms with Crippen LogP contribution in [0, 0.1) is 0 Å². The van der Waals surface area contributed by atoms with Gasteiger partial charge in [-0.15, -0.1) is 0 Å². The second-order valence-electron chi connectivity index (χ2n) is 4.63. The summed E-state index contributed by atoms with van der Waals surface area (Å²) in [5.41, 5.74) is 0.531. The number of hydrogen-bond acceptors (Lipinski definition) is 6. The standard InChI is InChI=1S/C11H14N4O2/c1-11(2,3)9-14-8(17-15-9)7-5-12-10(16-4)13-6-7/h5-6H,1-4H3. The molecule has 17 heavy (non-hydrogen) atoms. The van der Waals surface area contributed by atoms with E-state index in [1.54, 1.807) is 12.4 Å². The predicted molar refractivity (Wildman–Crippen MR) is 60.6 cm³/mol. The molecule has 0 fully saturated rings. The van der Waals surface area contributed by atoms with Gasteiger partial charge in [0.2, 0.25) is 0 Å². The van der Waals surface area contributed by atoms with Crippen LogP contribution in [0.15, 0.2) is 16.9 Å². The first-order valence-electron chi connectivity index (χ1n) is 5.21. The van der Waals surface area contributed by atoms with E-state index in [0.29, 0.717) is 23.3 Å². The van der Waals surface area contributed by atoms with Crippen molar-refractivity contribution < 1.29 is 9.26 Å². The number of nitrogens with zero attached hydrogens (tertiary/aromatic N) is 4. The zero-order chi connectivity index (χ0) is 12.5. The molecule has 2 aromatic rings. The first kappa shape index (κ1) is 11.5. The number of rotatable bonds is 2. The molecule has 0 radical (unpaired) electrons. The van der Waals surface area contributed by atoms with Crippen molar-refractivity contribution in [1.82, 2.24) is 20.1 Å². The van der Waals surface area contributed by atoms with E-state index in [1.807, 2.05) is 20.8 Å². The van der Waals surface area contributed by atoms with Crippen molar-refractivity contribution in [3.63, 3.8) is 0 Å². The Labute approximate surface area is 99.1 Å². The summed E-state index contributed by atoms with van der Waals surface area (Å²) in [7, 11) is 1.51. The second kappa shape index (κ2) is 4.12. The number of aromatic nitrogens is 4. The minimum Gasteiger partial charge on any atom is -0.467 e. The number of methoxy groups -OCH3 is 1. The van der Waals surface area contributed by atoms with Gasteiger partial charge in [-0.2, -0.15) is 4.98 Å². The molecule has 2 rings (SSSR count). The highest BCUT2D eigenvalue weighted by molar-refractivity contribution is 5.49. The number of hydrogen-bond donors (Lipinski definition) is 0. The molecule has 0 aliphatic heterocycles. The molecule has 0 unspecified atom stereocenters. The molecule has 0 amide bonds. The van der Waals surface area contributed by atoms with Gasteiger partial charge in [-0.05, 0) is 0 Å². The molecule has 0 saturated carbocycles. The van der Waals surface area contributed by atoms with E-state index in [-0.39, 0.29) is 5.41 Å². The lowest BCUT2D eigenvalue weighted by molar-refractivity contribution is 0.379. The molecule has 0 N–H and O–H groups in total. The zero-order valence-corrected chi connectivity index (χ0v) is 10.3. The van der Waals surface area contributed by atoms with Crippen molar-refractivity contribution in [3.8, 4) is 17.5 Å². The Balaban J connectivity index is 2.30. The van der Waals surface area contributed by atoms with Gasteiger partial charge in [0.05, 0.1) is 12.7 Å². The van der Waals surface area contributed by atoms with Crippen LogP contribution in [-0.4, -0.2) is 27.2 Å². The quantitative estimate of drug-likeness (QED) is 0.789. The summed E-state index contributed by atoms with van der Waals surface area (Å²) in [5, 5.41) is 3.93. The van der Waals surface area contributed by atoms with E-state index in [9.17, 15) is 0 Å². The molecule has 0 spiro atoms. The topological polar surface area (TPSA) is 73.9 Å². The molecule has 0 saturated heterocycles. The molecule has 2 heterocycles. The van der Waals surface area contributed by atoms with Gasteiger partial charge in [0, 0.05) is 17.8 Å². The van der Waals surface area contributed by atoms with Gasteiger partial charge in [-0.1, -0.05) is 25.9 Å². The summed E-state index contributed by atoms with van der Waals surface area (Å²) < 4.78 is 10.0. The summed E-state index contributed by atoms with van der Waals surface area (Å²) in [5.74, 6) is 1.07. The molecule has 0 bridgehead atoms. The number of ether oxygens (including phenoxy) is 1. The first-order chi connectivity index (χ1) is 8.00. The average molecular weight is 234 g/mol. The van der Waals surface area contributed by atoms with Crippen molar-refractivity contribution in [2.75, 3.05) is 7.11 Å². The SMILES string of the molecule is COc1ncc(-c2nc(C(C)(C)C)no2)cn1. The summed E-state index contributed by atoms with van der Waals surface area (Å²) in [4.78, 5) is 12.3. The summed E-state index contributed by atoms with van der Waals surface area (Å²) in [6, 6.07) is 0.310. The molecule has 0 aromatic carbocycles. The Morgan fingerprint density at radius 1 is 1.18 bits per heavy atom. The van der Waals surface area contributed by atoms with Crippen molar-refractivity contribution in [2.24, 2.45) is 0 Å². The third-order valence-corrected chi connectivity index (χ3v) is 2.15. The van der Waals surface area contributed by atoms with E-state index in [2.05, 4.69) is 20.1 Å². The van der Waals surface area contributed by atoms with Crippen LogP contribution in [0.3, 0.4) is 0 Å². The Kier molecular flexibility index (Phi) is 2.79. The van der Waals surface area contributed by atoms with Crippen LogP contribution >= 0.6 is 0 Å². The van der Waals surface area contributed by atoms with Crippen molar-refractivity contribution >= 4 is 0 Å². The minimum absolute atomic E-state index is 0.144. The second-order valence-corrected chi connectivity index (χ2v) is 4.63. The fourth-order valence-electron chi connectivity index (χ4n) is 1.18. The maximum atomic E-state index is 5.17. The maximum Gasteiger partial charge on any atom is 0.316 e. The van der Waals surface area contributed by atoms with E-state index >= 15 is 0 Å². The van der Waals surface area contributed by atoms with Crippen molar-refractivity contribution in [1.29, 1.82) is 0 Å². The molecule has 2 aromatic heterocycles. The van der Waals surface area contributed by atoms with Crippen LogP contribution in [0.25, 0.3) is 11.5 Å². The smallest absolute Gasteiger partial charge is 0.316 e. The zero-order valence-electron chi connectivity index (χ0n) is 10.3. The summed E-state index contributed by atoms with van der Waals surface area (Å²) >= 11 is 0. The van der Waals surface area contributed by atoms with E-state index < -0.39 is 0 Å². The van der Waals surface area contributed by atoms with Crippen LogP contribution in [0.5, 0.6) is 6.01 Å². The van der Waals surface area contributed by atoms with Gasteiger partial charge in [0.1, 0.15) is 0 Å². The third kappa shape index (κ3) is 2.41. The molecule has 6 nitrogen and oxygen atoms in total. The van der Waals surface area contributed by atoms with Gasteiger partial charge >= 0.3 is 6.01 Å². The van der Waals surface area contributed by atoms with Gasteiger partial charge in [0.25, 0.3) is 5.89 Å². The molecule has 6 heteroatoms. The lowest BCUT2D eigenvalue weighted by Crippen LogP contribution is -2.13. The highest BCUT2D eigenvalue weighted by Crippen LogP contribution is 2.22. The summed E-state index contributed by atoms with van der Waals surface area (Å²) in [6.07, 6.45) is 3.18. The molecular weight excluding hydrogens is 220 g/mol. The van der Waals surface area contributed by atoms with Crippen LogP contribution in [0.2, 0.25) is 0 Å². The first-order valence-corrected chi connectivity index (χ1v) is 5.21. The highest BCUT2D eigenvalue weighted by atomic mass is 16.5. The predicted octanol–water partition coefficient (Wildman–Crippen LogP) is 1.83. The van der Waals surface area contributed by atoms with Crippen molar-refractivity contribution in [2.45, 2.75) is 26.2 Å². The lowest BCUT2D eigenvalue weighted by Gasteiger charge is -2.10. The fraction of sp³-hybridized carbons (Fsp3) is 0.455. The van der Waals surface area contributed by atoms with E-state index in [1.165, 1.54) is 7.11 Å². The van der Waals surface area contributed by atoms with Gasteiger partial charge in [-0.25, -0.2) is 9.97 Å². The van der Waals surface area contributed by atoms with Crippen LogP contribution in [0.1, 0.15) is 26.6 Å². The Morgan fingerprint density at radius 2 is 1.82 bits per heavy atom. The largest absolute Gasteiger partial charge is 0.467 e. The third-order valence-electron chi connectivity index (χ3n) is 2.15. The average Bonchev–Trinajstić information content (AvgIpc) is 2.78. The molecule has 0 atom stereocenters. The van der Waals surface area contributed by atoms with E-state index in [0.717, 1.165) is 0 Å². The fourth-order valence-corrected chi connectivity index (χ4v) is 1.18. The minimum atomic E-state index is -0.144. The Bertz CT molecular complexity index is 499. The lowest BCUT2D eigenvalue weighted by atomic mass is 9.96. The van der Waals surface area contributed by atoms with E-state index in [4.69, 9.17) is 9.26 Å². The highest BCUT2D eigenvalue weighted by Gasteiger charge is 2.21. The normalized spacial score (nSPS) is 11.5. The van der Waals surface area contributed by atoms with Gasteiger partial charge < -0.3 is 9.26 Å². The van der Waals surface area contributed by atoms with Crippen LogP contribution < -0.4 is 4.74 Å². The molecule has 0 aliphatic rings. The van der Waals surface area contributed by atoms with Gasteiger partial charge in [-0.3, -0.25) is 0 Å². The van der Waals surface area contributed by atoms with Gasteiger partial charge in [0.15, 0.2) is 5.82 Å². The maximum absolute atomic E-state index is 5.17. The molecular formula is C11H14N4O2. The van der Waals surface area contributed by atoms with Crippen LogP contribution in [0.4, 0.5) is 0 Å². The molecule has 0 aliphatic carbocycles. The monoisotopic (exact) mass is 234 g/mol. The Morgan fingerprint density at radius 3 is 2.29 bits per heavy atom.